The van der Waals surface area contributed by atoms with E-state index in [4.69, 9.17) is 4.74 Å². The molecule has 3 aromatic carbocycles. The SMILES string of the molecule is C=CCc1cc(-c2ccccc2)cc(C=O)c1OCc1ccccc1. The molecule has 2 heteroatoms. The van der Waals surface area contributed by atoms with Gasteiger partial charge in [0.05, 0.1) is 5.56 Å². The van der Waals surface area contributed by atoms with Crippen LogP contribution in [0.15, 0.2) is 85.5 Å². The van der Waals surface area contributed by atoms with Crippen molar-refractivity contribution in [3.63, 3.8) is 0 Å². The molecule has 0 aromatic heterocycles. The maximum atomic E-state index is 11.7. The molecule has 0 atom stereocenters. The Labute approximate surface area is 148 Å². The van der Waals surface area contributed by atoms with Crippen LogP contribution < -0.4 is 4.74 Å². The summed E-state index contributed by atoms with van der Waals surface area (Å²) in [6.45, 7) is 4.26. The Morgan fingerprint density at radius 2 is 1.56 bits per heavy atom. The molecule has 0 bridgehead atoms. The second-order valence-corrected chi connectivity index (χ2v) is 5.80. The smallest absolute Gasteiger partial charge is 0.153 e. The number of hydrogen-bond donors (Lipinski definition) is 0. The van der Waals surface area contributed by atoms with Gasteiger partial charge in [0.1, 0.15) is 12.4 Å². The van der Waals surface area contributed by atoms with Crippen molar-refractivity contribution in [2.24, 2.45) is 0 Å². The minimum absolute atomic E-state index is 0.427. The highest BCUT2D eigenvalue weighted by atomic mass is 16.5. The maximum Gasteiger partial charge on any atom is 0.153 e. The third-order valence-electron chi connectivity index (χ3n) is 4.02. The van der Waals surface area contributed by atoms with Gasteiger partial charge in [-0.05, 0) is 40.8 Å². The summed E-state index contributed by atoms with van der Waals surface area (Å²) in [5.41, 5.74) is 4.68. The van der Waals surface area contributed by atoms with Crippen LogP contribution in [0.25, 0.3) is 11.1 Å². The summed E-state index contributed by atoms with van der Waals surface area (Å²) < 4.78 is 6.01. The lowest BCUT2D eigenvalue weighted by Gasteiger charge is -2.15. The van der Waals surface area contributed by atoms with E-state index < -0.39 is 0 Å². The van der Waals surface area contributed by atoms with Crippen LogP contribution in [-0.2, 0) is 13.0 Å². The minimum Gasteiger partial charge on any atom is -0.488 e. The Morgan fingerprint density at radius 1 is 0.880 bits per heavy atom. The van der Waals surface area contributed by atoms with Gasteiger partial charge in [-0.1, -0.05) is 66.7 Å². The molecule has 0 aliphatic carbocycles. The number of allylic oxidation sites excluding steroid dienone is 1. The first kappa shape index (κ1) is 16.7. The molecule has 0 unspecified atom stereocenters. The molecular weight excluding hydrogens is 308 g/mol. The lowest BCUT2D eigenvalue weighted by Crippen LogP contribution is -2.02. The van der Waals surface area contributed by atoms with E-state index in [0.717, 1.165) is 28.5 Å². The van der Waals surface area contributed by atoms with E-state index in [-0.39, 0.29) is 0 Å². The van der Waals surface area contributed by atoms with Crippen LogP contribution in [0, 0.1) is 0 Å². The summed E-state index contributed by atoms with van der Waals surface area (Å²) in [6.07, 6.45) is 3.33. The number of hydrogen-bond acceptors (Lipinski definition) is 2. The average Bonchev–Trinajstić information content (AvgIpc) is 2.68. The molecule has 0 N–H and O–H groups in total. The fraction of sp³-hybridized carbons (Fsp3) is 0.0870. The quantitative estimate of drug-likeness (QED) is 0.424. The van der Waals surface area contributed by atoms with E-state index in [1.807, 2.05) is 72.8 Å². The summed E-state index contributed by atoms with van der Waals surface area (Å²) in [4.78, 5) is 11.7. The van der Waals surface area contributed by atoms with Gasteiger partial charge in [0.2, 0.25) is 0 Å². The molecule has 3 rings (SSSR count). The molecule has 0 radical (unpaired) electrons. The predicted octanol–water partition coefficient (Wildman–Crippen LogP) is 5.47. The highest BCUT2D eigenvalue weighted by Gasteiger charge is 2.13. The Morgan fingerprint density at radius 3 is 2.20 bits per heavy atom. The Kier molecular flexibility index (Phi) is 5.43. The third-order valence-corrected chi connectivity index (χ3v) is 4.02. The van der Waals surface area contributed by atoms with E-state index in [1.54, 1.807) is 0 Å². The lowest BCUT2D eigenvalue weighted by molar-refractivity contribution is 0.111. The molecule has 25 heavy (non-hydrogen) atoms. The normalized spacial score (nSPS) is 10.2. The predicted molar refractivity (Wildman–Crippen MR) is 102 cm³/mol. The van der Waals surface area contributed by atoms with E-state index in [2.05, 4.69) is 12.6 Å². The van der Waals surface area contributed by atoms with E-state index >= 15 is 0 Å². The molecule has 0 saturated carbocycles. The summed E-state index contributed by atoms with van der Waals surface area (Å²) >= 11 is 0. The van der Waals surface area contributed by atoms with Crippen LogP contribution in [0.4, 0.5) is 0 Å². The number of benzene rings is 3. The topological polar surface area (TPSA) is 26.3 Å². The highest BCUT2D eigenvalue weighted by molar-refractivity contribution is 5.84. The van der Waals surface area contributed by atoms with Gasteiger partial charge in [0.25, 0.3) is 0 Å². The van der Waals surface area contributed by atoms with Crippen LogP contribution in [-0.4, -0.2) is 6.29 Å². The largest absolute Gasteiger partial charge is 0.488 e. The number of ether oxygens (including phenoxy) is 1. The minimum atomic E-state index is 0.427. The second-order valence-electron chi connectivity index (χ2n) is 5.80. The molecule has 3 aromatic rings. The third kappa shape index (κ3) is 4.04. The van der Waals surface area contributed by atoms with Crippen LogP contribution in [0.5, 0.6) is 5.75 Å². The van der Waals surface area contributed by atoms with E-state index in [1.165, 1.54) is 0 Å². The Balaban J connectivity index is 1.98. The van der Waals surface area contributed by atoms with Gasteiger partial charge >= 0.3 is 0 Å². The second kappa shape index (κ2) is 8.11. The molecule has 124 valence electrons. The summed E-state index contributed by atoms with van der Waals surface area (Å²) in [6, 6.07) is 23.9. The first-order chi connectivity index (χ1) is 12.3. The summed E-state index contributed by atoms with van der Waals surface area (Å²) in [5, 5.41) is 0. The molecule has 2 nitrogen and oxygen atoms in total. The van der Waals surface area contributed by atoms with Gasteiger partial charge in [0, 0.05) is 0 Å². The van der Waals surface area contributed by atoms with Gasteiger partial charge in [-0.15, -0.1) is 6.58 Å². The molecule has 0 aliphatic heterocycles. The lowest BCUT2D eigenvalue weighted by atomic mass is 9.97. The van der Waals surface area contributed by atoms with Crippen LogP contribution in [0.2, 0.25) is 0 Å². The number of rotatable bonds is 7. The zero-order chi connectivity index (χ0) is 17.5. The standard InChI is InChI=1S/C23H20O2/c1-2-9-20-14-21(19-12-7-4-8-13-19)15-22(16-24)23(20)25-17-18-10-5-3-6-11-18/h2-8,10-16H,1,9,17H2. The summed E-state index contributed by atoms with van der Waals surface area (Å²) in [5.74, 6) is 0.637. The van der Waals surface area contributed by atoms with E-state index in [9.17, 15) is 4.79 Å². The fourth-order valence-electron chi connectivity index (χ4n) is 2.81. The van der Waals surface area contributed by atoms with Gasteiger partial charge in [-0.3, -0.25) is 4.79 Å². The first-order valence-corrected chi connectivity index (χ1v) is 8.27. The van der Waals surface area contributed by atoms with Crippen molar-refractivity contribution in [1.82, 2.24) is 0 Å². The number of carbonyl (C=O) groups is 1. The summed E-state index contributed by atoms with van der Waals surface area (Å²) in [7, 11) is 0. The van der Waals surface area contributed by atoms with Crippen LogP contribution in [0.1, 0.15) is 21.5 Å². The molecule has 0 aliphatic rings. The van der Waals surface area contributed by atoms with Crippen molar-refractivity contribution in [3.05, 3.63) is 102 Å². The van der Waals surface area contributed by atoms with E-state index in [0.29, 0.717) is 24.3 Å². The number of aldehydes is 1. The molecular formula is C23H20O2. The van der Waals surface area contributed by atoms with Crippen molar-refractivity contribution in [1.29, 1.82) is 0 Å². The Hall–Kier alpha value is -3.13. The average molecular weight is 328 g/mol. The molecule has 0 heterocycles. The van der Waals surface area contributed by atoms with Gasteiger partial charge in [-0.25, -0.2) is 0 Å². The van der Waals surface area contributed by atoms with Crippen molar-refractivity contribution in [2.45, 2.75) is 13.0 Å². The monoisotopic (exact) mass is 328 g/mol. The van der Waals surface area contributed by atoms with Gasteiger partial charge in [0.15, 0.2) is 6.29 Å². The zero-order valence-corrected chi connectivity index (χ0v) is 14.0. The number of carbonyl (C=O) groups excluding carboxylic acids is 1. The fourth-order valence-corrected chi connectivity index (χ4v) is 2.81. The van der Waals surface area contributed by atoms with Crippen molar-refractivity contribution in [2.75, 3.05) is 0 Å². The highest BCUT2D eigenvalue weighted by Crippen LogP contribution is 2.31. The zero-order valence-electron chi connectivity index (χ0n) is 14.0. The van der Waals surface area contributed by atoms with Crippen molar-refractivity contribution in [3.8, 4) is 16.9 Å². The van der Waals surface area contributed by atoms with Crippen LogP contribution in [0.3, 0.4) is 0 Å². The van der Waals surface area contributed by atoms with Crippen molar-refractivity contribution >= 4 is 6.29 Å². The van der Waals surface area contributed by atoms with Crippen LogP contribution >= 0.6 is 0 Å². The first-order valence-electron chi connectivity index (χ1n) is 8.27. The van der Waals surface area contributed by atoms with Crippen molar-refractivity contribution < 1.29 is 9.53 Å². The van der Waals surface area contributed by atoms with Gasteiger partial charge < -0.3 is 4.74 Å². The molecule has 0 saturated heterocycles. The maximum absolute atomic E-state index is 11.7. The molecule has 0 spiro atoms. The van der Waals surface area contributed by atoms with Gasteiger partial charge in [-0.2, -0.15) is 0 Å². The Bertz CT molecular complexity index is 852. The molecule has 0 amide bonds. The molecule has 0 fully saturated rings.